The monoisotopic (exact) mass is 97.1 g/mol. The lowest BCUT2D eigenvalue weighted by molar-refractivity contribution is 0.555. The van der Waals surface area contributed by atoms with Crippen LogP contribution in [-0.4, -0.2) is 11.9 Å². The van der Waals surface area contributed by atoms with E-state index in [1.807, 2.05) is 19.7 Å². The predicted octanol–water partition coefficient (Wildman–Crippen LogP) is 0.971. The average molecular weight is 97.1 g/mol. The van der Waals surface area contributed by atoms with Gasteiger partial charge in [0.15, 0.2) is 6.19 Å². The molecular weight excluding hydrogens is 88.1 g/mol. The van der Waals surface area contributed by atoms with Crippen molar-refractivity contribution in [1.29, 1.82) is 5.26 Å². The molecule has 0 aliphatic heterocycles. The standard InChI is InChI=1S/C5H9N2/c1-3-4-7(2)5-6/h4H,3H2,1-2H3. The molecule has 0 aromatic carbocycles. The lowest BCUT2D eigenvalue weighted by atomic mass is 10.5. The Morgan fingerprint density at radius 1 is 1.86 bits per heavy atom. The van der Waals surface area contributed by atoms with Crippen LogP contribution in [0.25, 0.3) is 0 Å². The molecule has 0 N–H and O–H groups in total. The first-order valence-electron chi connectivity index (χ1n) is 2.27. The number of rotatable bonds is 2. The Morgan fingerprint density at radius 3 is 2.57 bits per heavy atom. The zero-order chi connectivity index (χ0) is 5.70. The second-order valence-corrected chi connectivity index (χ2v) is 1.30. The van der Waals surface area contributed by atoms with Crippen LogP contribution in [-0.2, 0) is 0 Å². The highest BCUT2D eigenvalue weighted by atomic mass is 15.1. The van der Waals surface area contributed by atoms with Crippen LogP contribution in [0.4, 0.5) is 0 Å². The van der Waals surface area contributed by atoms with Gasteiger partial charge in [0.2, 0.25) is 0 Å². The summed E-state index contributed by atoms with van der Waals surface area (Å²) in [7, 11) is 1.73. The Bertz CT molecular complexity index is 72.6. The van der Waals surface area contributed by atoms with E-state index in [1.54, 1.807) is 7.05 Å². The summed E-state index contributed by atoms with van der Waals surface area (Å²) in [5.41, 5.74) is 0. The van der Waals surface area contributed by atoms with Crippen LogP contribution in [0.5, 0.6) is 0 Å². The number of hydrogen-bond acceptors (Lipinski definition) is 2. The summed E-state index contributed by atoms with van der Waals surface area (Å²) in [4.78, 5) is 1.49. The van der Waals surface area contributed by atoms with E-state index in [0.29, 0.717) is 0 Å². The van der Waals surface area contributed by atoms with Crippen molar-refractivity contribution in [3.05, 3.63) is 6.54 Å². The lowest BCUT2D eigenvalue weighted by Gasteiger charge is -2.01. The van der Waals surface area contributed by atoms with E-state index in [-0.39, 0.29) is 0 Å². The molecule has 7 heavy (non-hydrogen) atoms. The van der Waals surface area contributed by atoms with Crippen molar-refractivity contribution < 1.29 is 0 Å². The molecule has 0 saturated heterocycles. The largest absolute Gasteiger partial charge is 0.309 e. The first-order valence-corrected chi connectivity index (χ1v) is 2.27. The van der Waals surface area contributed by atoms with Crippen molar-refractivity contribution in [2.24, 2.45) is 0 Å². The molecule has 1 radical (unpaired) electrons. The van der Waals surface area contributed by atoms with Crippen LogP contribution >= 0.6 is 0 Å². The normalized spacial score (nSPS) is 7.57. The Balaban J connectivity index is 3.04. The molecule has 0 fully saturated rings. The summed E-state index contributed by atoms with van der Waals surface area (Å²) in [6.45, 7) is 3.81. The summed E-state index contributed by atoms with van der Waals surface area (Å²) in [5, 5.41) is 8.11. The quantitative estimate of drug-likeness (QED) is 0.379. The van der Waals surface area contributed by atoms with Gasteiger partial charge in [0.05, 0.1) is 6.54 Å². The molecule has 2 heteroatoms. The van der Waals surface area contributed by atoms with Crippen molar-refractivity contribution in [3.8, 4) is 6.19 Å². The van der Waals surface area contributed by atoms with E-state index < -0.39 is 0 Å². The first-order chi connectivity index (χ1) is 3.31. The van der Waals surface area contributed by atoms with Gasteiger partial charge < -0.3 is 4.90 Å². The molecule has 0 aromatic heterocycles. The predicted molar refractivity (Wildman–Crippen MR) is 28.0 cm³/mol. The van der Waals surface area contributed by atoms with E-state index >= 15 is 0 Å². The minimum atomic E-state index is 0.921. The Hall–Kier alpha value is -0.710. The fourth-order valence-corrected chi connectivity index (χ4v) is 0.315. The summed E-state index contributed by atoms with van der Waals surface area (Å²) >= 11 is 0. The van der Waals surface area contributed by atoms with Crippen LogP contribution in [0.1, 0.15) is 13.3 Å². The molecule has 0 amide bonds. The number of hydrogen-bond donors (Lipinski definition) is 0. The molecule has 0 bridgehead atoms. The van der Waals surface area contributed by atoms with Gasteiger partial charge in [-0.2, -0.15) is 5.26 Å². The van der Waals surface area contributed by atoms with Crippen molar-refractivity contribution in [2.45, 2.75) is 13.3 Å². The van der Waals surface area contributed by atoms with Gasteiger partial charge in [-0.1, -0.05) is 6.92 Å². The SMILES string of the molecule is CC[CH]N(C)C#N. The van der Waals surface area contributed by atoms with Crippen LogP contribution in [0, 0.1) is 18.0 Å². The number of nitrogens with zero attached hydrogens (tertiary/aromatic N) is 2. The third kappa shape index (κ3) is 3.11. The van der Waals surface area contributed by atoms with Gasteiger partial charge in [0, 0.05) is 7.05 Å². The molecule has 0 unspecified atom stereocenters. The fourth-order valence-electron chi connectivity index (χ4n) is 0.315. The van der Waals surface area contributed by atoms with Gasteiger partial charge in [-0.05, 0) is 6.42 Å². The van der Waals surface area contributed by atoms with Crippen molar-refractivity contribution in [2.75, 3.05) is 7.05 Å². The van der Waals surface area contributed by atoms with Crippen molar-refractivity contribution in [3.63, 3.8) is 0 Å². The van der Waals surface area contributed by atoms with Crippen molar-refractivity contribution >= 4 is 0 Å². The molecule has 0 aromatic rings. The van der Waals surface area contributed by atoms with E-state index in [2.05, 4.69) is 0 Å². The minimum absolute atomic E-state index is 0.921. The average Bonchev–Trinajstić information content (AvgIpc) is 1.68. The smallest absolute Gasteiger partial charge is 0.179 e. The van der Waals surface area contributed by atoms with Gasteiger partial charge in [-0.3, -0.25) is 0 Å². The zero-order valence-corrected chi connectivity index (χ0v) is 4.68. The lowest BCUT2D eigenvalue weighted by Crippen LogP contribution is -2.04. The van der Waals surface area contributed by atoms with Gasteiger partial charge in [0.1, 0.15) is 0 Å². The molecule has 0 heterocycles. The molecule has 0 saturated carbocycles. The van der Waals surface area contributed by atoms with E-state index in [1.165, 1.54) is 4.90 Å². The van der Waals surface area contributed by atoms with E-state index in [9.17, 15) is 0 Å². The third-order valence-corrected chi connectivity index (χ3v) is 0.614. The summed E-state index contributed by atoms with van der Waals surface area (Å²) < 4.78 is 0. The topological polar surface area (TPSA) is 27.0 Å². The number of nitriles is 1. The molecule has 0 aliphatic rings. The fraction of sp³-hybridized carbons (Fsp3) is 0.600. The highest BCUT2D eigenvalue weighted by Crippen LogP contribution is 1.87. The highest BCUT2D eigenvalue weighted by Gasteiger charge is 1.85. The van der Waals surface area contributed by atoms with E-state index in [0.717, 1.165) is 6.42 Å². The Labute approximate surface area is 44.4 Å². The molecule has 0 aliphatic carbocycles. The maximum absolute atomic E-state index is 8.11. The minimum Gasteiger partial charge on any atom is -0.309 e. The molecule has 0 spiro atoms. The molecule has 2 nitrogen and oxygen atoms in total. The third-order valence-electron chi connectivity index (χ3n) is 0.614. The summed E-state index contributed by atoms with van der Waals surface area (Å²) in [5.74, 6) is 0. The first kappa shape index (κ1) is 6.29. The van der Waals surface area contributed by atoms with Gasteiger partial charge in [0.25, 0.3) is 0 Å². The van der Waals surface area contributed by atoms with Crippen LogP contribution in [0.2, 0.25) is 0 Å². The molecule has 0 rings (SSSR count). The molecule has 0 atom stereocenters. The summed E-state index contributed by atoms with van der Waals surface area (Å²) in [6, 6.07) is 0. The summed E-state index contributed by atoms with van der Waals surface area (Å²) in [6.07, 6.45) is 2.86. The Kier molecular flexibility index (Phi) is 3.13. The zero-order valence-electron chi connectivity index (χ0n) is 4.68. The van der Waals surface area contributed by atoms with Crippen molar-refractivity contribution in [1.82, 2.24) is 4.90 Å². The highest BCUT2D eigenvalue weighted by molar-refractivity contribution is 4.75. The van der Waals surface area contributed by atoms with Gasteiger partial charge in [-0.25, -0.2) is 0 Å². The second-order valence-electron chi connectivity index (χ2n) is 1.30. The van der Waals surface area contributed by atoms with Crippen LogP contribution in [0.15, 0.2) is 0 Å². The second kappa shape index (κ2) is 3.48. The van der Waals surface area contributed by atoms with E-state index in [4.69, 9.17) is 5.26 Å². The van der Waals surface area contributed by atoms with Gasteiger partial charge in [-0.15, -0.1) is 0 Å². The maximum atomic E-state index is 8.11. The Morgan fingerprint density at radius 2 is 2.43 bits per heavy atom. The molecular formula is C5H9N2. The molecule has 39 valence electrons. The van der Waals surface area contributed by atoms with Crippen LogP contribution < -0.4 is 0 Å². The van der Waals surface area contributed by atoms with Gasteiger partial charge >= 0.3 is 0 Å². The maximum Gasteiger partial charge on any atom is 0.179 e. The van der Waals surface area contributed by atoms with Crippen LogP contribution in [0.3, 0.4) is 0 Å².